The maximum absolute atomic E-state index is 13.1. The molecule has 0 amide bonds. The highest BCUT2D eigenvalue weighted by Crippen LogP contribution is 2.23. The van der Waals surface area contributed by atoms with Crippen molar-refractivity contribution in [1.29, 1.82) is 0 Å². The summed E-state index contributed by atoms with van der Waals surface area (Å²) in [4.78, 5) is 1.19. The summed E-state index contributed by atoms with van der Waals surface area (Å²) in [7, 11) is 1.70. The molecule has 2 aromatic rings. The molecule has 0 radical (unpaired) electrons. The Kier molecular flexibility index (Phi) is 6.73. The largest absolute Gasteiger partial charge is 0.383 e. The third kappa shape index (κ3) is 5.87. The first-order valence-electron chi connectivity index (χ1n) is 6.94. The van der Waals surface area contributed by atoms with E-state index in [0.29, 0.717) is 0 Å². The van der Waals surface area contributed by atoms with Gasteiger partial charge in [0.15, 0.2) is 0 Å². The van der Waals surface area contributed by atoms with Crippen LogP contribution < -0.4 is 5.32 Å². The zero-order chi connectivity index (χ0) is 14.9. The van der Waals surface area contributed by atoms with Gasteiger partial charge < -0.3 is 10.1 Å². The maximum Gasteiger partial charge on any atom is 0.123 e. The summed E-state index contributed by atoms with van der Waals surface area (Å²) in [6, 6.07) is 15.2. The average molecular weight is 305 g/mol. The van der Waals surface area contributed by atoms with Crippen molar-refractivity contribution in [3.05, 3.63) is 65.5 Å². The van der Waals surface area contributed by atoms with Crippen LogP contribution in [0.2, 0.25) is 0 Å². The monoisotopic (exact) mass is 305 g/mol. The van der Waals surface area contributed by atoms with Gasteiger partial charge in [0.2, 0.25) is 0 Å². The van der Waals surface area contributed by atoms with Crippen molar-refractivity contribution < 1.29 is 9.13 Å². The second-order valence-corrected chi connectivity index (χ2v) is 5.78. The van der Waals surface area contributed by atoms with Crippen molar-refractivity contribution in [1.82, 2.24) is 5.32 Å². The molecule has 0 unspecified atom stereocenters. The molecule has 0 aliphatic rings. The van der Waals surface area contributed by atoms with Gasteiger partial charge in [0.25, 0.3) is 0 Å². The first-order valence-corrected chi connectivity index (χ1v) is 7.92. The van der Waals surface area contributed by atoms with Gasteiger partial charge in [0.05, 0.1) is 6.61 Å². The van der Waals surface area contributed by atoms with Crippen LogP contribution in [0.5, 0.6) is 0 Å². The Balaban J connectivity index is 1.79. The molecule has 0 heterocycles. The average Bonchev–Trinajstić information content (AvgIpc) is 2.51. The number of hydrogen-bond donors (Lipinski definition) is 1. The fourth-order valence-corrected chi connectivity index (χ4v) is 2.75. The summed E-state index contributed by atoms with van der Waals surface area (Å²) >= 11 is 1.72. The van der Waals surface area contributed by atoms with E-state index in [2.05, 4.69) is 29.6 Å². The second-order valence-electron chi connectivity index (χ2n) is 4.73. The van der Waals surface area contributed by atoms with Crippen LogP contribution in [0.3, 0.4) is 0 Å². The molecule has 0 aliphatic carbocycles. The van der Waals surface area contributed by atoms with E-state index < -0.39 is 0 Å². The molecule has 21 heavy (non-hydrogen) atoms. The molecule has 0 bridgehead atoms. The number of benzene rings is 2. The van der Waals surface area contributed by atoms with Crippen LogP contribution in [0.1, 0.15) is 11.1 Å². The van der Waals surface area contributed by atoms with E-state index in [1.54, 1.807) is 31.0 Å². The van der Waals surface area contributed by atoms with Crippen molar-refractivity contribution in [2.24, 2.45) is 0 Å². The lowest BCUT2D eigenvalue weighted by Crippen LogP contribution is -2.18. The van der Waals surface area contributed by atoms with Gasteiger partial charge in [-0.05, 0) is 35.4 Å². The molecule has 2 nitrogen and oxygen atoms in total. The van der Waals surface area contributed by atoms with Crippen molar-refractivity contribution in [2.75, 3.05) is 20.3 Å². The van der Waals surface area contributed by atoms with E-state index in [4.69, 9.17) is 4.74 Å². The van der Waals surface area contributed by atoms with Crippen molar-refractivity contribution in [3.8, 4) is 0 Å². The Morgan fingerprint density at radius 1 is 1.10 bits per heavy atom. The van der Waals surface area contributed by atoms with Gasteiger partial charge in [0, 0.05) is 30.8 Å². The topological polar surface area (TPSA) is 21.3 Å². The molecule has 2 rings (SSSR count). The van der Waals surface area contributed by atoms with E-state index in [1.807, 2.05) is 6.07 Å². The van der Waals surface area contributed by atoms with Crippen LogP contribution >= 0.6 is 11.8 Å². The Morgan fingerprint density at radius 3 is 2.62 bits per heavy atom. The zero-order valence-electron chi connectivity index (χ0n) is 12.1. The summed E-state index contributed by atoms with van der Waals surface area (Å²) in [5.74, 6) is 0.606. The summed E-state index contributed by atoms with van der Waals surface area (Å²) in [6.45, 7) is 2.42. The highest BCUT2D eigenvalue weighted by molar-refractivity contribution is 7.98. The van der Waals surface area contributed by atoms with Crippen LogP contribution in [0.15, 0.2) is 53.4 Å². The normalized spacial score (nSPS) is 10.8. The molecular weight excluding hydrogens is 285 g/mol. The minimum atomic E-state index is -0.175. The van der Waals surface area contributed by atoms with E-state index in [0.717, 1.165) is 31.0 Å². The van der Waals surface area contributed by atoms with Crippen LogP contribution in [0.4, 0.5) is 4.39 Å². The van der Waals surface area contributed by atoms with E-state index >= 15 is 0 Å². The summed E-state index contributed by atoms with van der Waals surface area (Å²) < 4.78 is 18.1. The molecule has 0 aromatic heterocycles. The molecule has 0 fully saturated rings. The summed E-state index contributed by atoms with van der Waals surface area (Å²) in [5, 5.41) is 3.31. The highest BCUT2D eigenvalue weighted by Gasteiger charge is 1.99. The van der Waals surface area contributed by atoms with E-state index in [1.165, 1.54) is 16.5 Å². The number of rotatable bonds is 8. The molecule has 0 saturated carbocycles. The number of thioether (sulfide) groups is 1. The van der Waals surface area contributed by atoms with Gasteiger partial charge in [-0.2, -0.15) is 0 Å². The lowest BCUT2D eigenvalue weighted by molar-refractivity contribution is 0.199. The van der Waals surface area contributed by atoms with Gasteiger partial charge in [-0.1, -0.05) is 24.3 Å². The smallest absolute Gasteiger partial charge is 0.123 e. The third-order valence-electron chi connectivity index (χ3n) is 3.03. The van der Waals surface area contributed by atoms with Crippen molar-refractivity contribution in [3.63, 3.8) is 0 Å². The standard InChI is InChI=1S/C17H20FNOS/c1-20-10-9-19-12-14-5-7-17(8-6-14)21-13-15-3-2-4-16(18)11-15/h2-8,11,19H,9-10,12-13H2,1H3. The van der Waals surface area contributed by atoms with Crippen molar-refractivity contribution in [2.45, 2.75) is 17.2 Å². The van der Waals surface area contributed by atoms with Gasteiger partial charge in [-0.25, -0.2) is 4.39 Å². The Bertz CT molecular complexity index is 545. The third-order valence-corrected chi connectivity index (χ3v) is 4.11. The predicted molar refractivity (Wildman–Crippen MR) is 86.0 cm³/mol. The van der Waals surface area contributed by atoms with Gasteiger partial charge in [-0.3, -0.25) is 0 Å². The van der Waals surface area contributed by atoms with Gasteiger partial charge in [-0.15, -0.1) is 11.8 Å². The lowest BCUT2D eigenvalue weighted by atomic mass is 10.2. The van der Waals surface area contributed by atoms with Crippen LogP contribution in [0.25, 0.3) is 0 Å². The first-order chi connectivity index (χ1) is 10.3. The number of nitrogens with one attached hydrogen (secondary N) is 1. The molecule has 0 spiro atoms. The molecule has 0 atom stereocenters. The van der Waals surface area contributed by atoms with Gasteiger partial charge in [0.1, 0.15) is 5.82 Å². The number of halogens is 1. The Labute approximate surface area is 129 Å². The molecule has 112 valence electrons. The van der Waals surface area contributed by atoms with Gasteiger partial charge >= 0.3 is 0 Å². The summed E-state index contributed by atoms with van der Waals surface area (Å²) in [6.07, 6.45) is 0. The second kappa shape index (κ2) is 8.82. The molecule has 2 aromatic carbocycles. The fourth-order valence-electron chi connectivity index (χ4n) is 1.90. The molecular formula is C17H20FNOS. The fraction of sp³-hybridized carbons (Fsp3) is 0.294. The molecule has 0 saturated heterocycles. The van der Waals surface area contributed by atoms with Crippen LogP contribution in [-0.2, 0) is 17.0 Å². The Morgan fingerprint density at radius 2 is 1.90 bits per heavy atom. The zero-order valence-corrected chi connectivity index (χ0v) is 13.0. The van der Waals surface area contributed by atoms with Crippen molar-refractivity contribution >= 4 is 11.8 Å². The number of ether oxygens (including phenoxy) is 1. The minimum absolute atomic E-state index is 0.175. The Hall–Kier alpha value is -1.36. The van der Waals surface area contributed by atoms with E-state index in [9.17, 15) is 4.39 Å². The maximum atomic E-state index is 13.1. The minimum Gasteiger partial charge on any atom is -0.383 e. The highest BCUT2D eigenvalue weighted by atomic mass is 32.2. The van der Waals surface area contributed by atoms with Crippen LogP contribution in [0, 0.1) is 5.82 Å². The molecule has 0 aliphatic heterocycles. The predicted octanol–water partition coefficient (Wildman–Crippen LogP) is 3.85. The lowest BCUT2D eigenvalue weighted by Gasteiger charge is -2.06. The van der Waals surface area contributed by atoms with Crippen LogP contribution in [-0.4, -0.2) is 20.3 Å². The summed E-state index contributed by atoms with van der Waals surface area (Å²) in [5.41, 5.74) is 2.26. The quantitative estimate of drug-likeness (QED) is 0.591. The number of hydrogen-bond acceptors (Lipinski definition) is 3. The van der Waals surface area contributed by atoms with E-state index in [-0.39, 0.29) is 5.82 Å². The molecule has 4 heteroatoms. The SMILES string of the molecule is COCCNCc1ccc(SCc2cccc(F)c2)cc1. The number of methoxy groups -OCH3 is 1. The first kappa shape index (κ1) is 16.0. The molecule has 1 N–H and O–H groups in total.